The first-order valence-electron chi connectivity index (χ1n) is 10.6. The zero-order valence-corrected chi connectivity index (χ0v) is 17.7. The lowest BCUT2D eigenvalue weighted by molar-refractivity contribution is -0.134. The summed E-state index contributed by atoms with van der Waals surface area (Å²) >= 11 is 0. The summed E-state index contributed by atoms with van der Waals surface area (Å²) in [7, 11) is 1.62. The maximum absolute atomic E-state index is 13.1. The van der Waals surface area contributed by atoms with Gasteiger partial charge in [-0.1, -0.05) is 37.3 Å². The van der Waals surface area contributed by atoms with Crippen molar-refractivity contribution < 1.29 is 9.53 Å². The molecule has 0 radical (unpaired) electrons. The molecule has 2 aromatic rings. The third-order valence-electron chi connectivity index (χ3n) is 5.85. The van der Waals surface area contributed by atoms with Gasteiger partial charge in [0, 0.05) is 32.7 Å². The Labute approximate surface area is 172 Å². The molecule has 0 N–H and O–H groups in total. The molecule has 1 fully saturated rings. The largest absolute Gasteiger partial charge is 0.383 e. The van der Waals surface area contributed by atoms with Gasteiger partial charge in [-0.15, -0.1) is 0 Å². The van der Waals surface area contributed by atoms with Crippen LogP contribution in [0.1, 0.15) is 56.3 Å². The van der Waals surface area contributed by atoms with Gasteiger partial charge in [-0.3, -0.25) is 9.36 Å². The maximum atomic E-state index is 13.1. The van der Waals surface area contributed by atoms with Crippen LogP contribution in [-0.2, 0) is 22.6 Å². The first kappa shape index (κ1) is 21.3. The quantitative estimate of drug-likeness (QED) is 0.683. The van der Waals surface area contributed by atoms with Crippen LogP contribution in [0.5, 0.6) is 0 Å². The van der Waals surface area contributed by atoms with Gasteiger partial charge in [0.1, 0.15) is 5.82 Å². The number of amides is 1. The Balaban J connectivity index is 1.69. The van der Waals surface area contributed by atoms with E-state index < -0.39 is 0 Å². The van der Waals surface area contributed by atoms with Gasteiger partial charge in [0.15, 0.2) is 0 Å². The molecule has 1 aromatic carbocycles. The minimum absolute atomic E-state index is 0.0758. The average Bonchev–Trinajstić information content (AvgIpc) is 3.08. The number of carbonyl (C=O) groups is 1. The normalized spacial score (nSPS) is 16.2. The van der Waals surface area contributed by atoms with Crippen LogP contribution in [0.2, 0.25) is 0 Å². The van der Waals surface area contributed by atoms with Crippen molar-refractivity contribution in [3.05, 3.63) is 52.2 Å². The molecule has 0 spiro atoms. The summed E-state index contributed by atoms with van der Waals surface area (Å²) in [5, 5.41) is 4.59. The van der Waals surface area contributed by atoms with Gasteiger partial charge in [0.25, 0.3) is 0 Å². The zero-order valence-electron chi connectivity index (χ0n) is 17.7. The molecule has 29 heavy (non-hydrogen) atoms. The highest BCUT2D eigenvalue weighted by Crippen LogP contribution is 2.29. The van der Waals surface area contributed by atoms with E-state index in [2.05, 4.69) is 12.0 Å². The fourth-order valence-electron chi connectivity index (χ4n) is 4.20. The summed E-state index contributed by atoms with van der Waals surface area (Å²) in [5.74, 6) is 1.16. The highest BCUT2D eigenvalue weighted by molar-refractivity contribution is 5.83. The lowest BCUT2D eigenvalue weighted by atomic mass is 9.91. The Hall–Kier alpha value is -2.41. The third kappa shape index (κ3) is 4.61. The molecular weight excluding hydrogens is 368 g/mol. The second kappa shape index (κ2) is 9.87. The molecular formula is C22H32N4O3. The van der Waals surface area contributed by atoms with E-state index >= 15 is 0 Å². The Morgan fingerprint density at radius 3 is 2.48 bits per heavy atom. The lowest BCUT2D eigenvalue weighted by Crippen LogP contribution is -2.41. The molecule has 0 aliphatic carbocycles. The Morgan fingerprint density at radius 2 is 1.90 bits per heavy atom. The fraction of sp³-hybridized carbons (Fsp3) is 0.591. The molecule has 1 amide bonds. The molecule has 1 unspecified atom stereocenters. The van der Waals surface area contributed by atoms with E-state index in [1.165, 1.54) is 4.68 Å². The van der Waals surface area contributed by atoms with Gasteiger partial charge in [0.2, 0.25) is 5.91 Å². The molecule has 1 atom stereocenters. The number of hydrogen-bond donors (Lipinski definition) is 0. The topological polar surface area (TPSA) is 69.4 Å². The molecule has 2 heterocycles. The lowest BCUT2D eigenvalue weighted by Gasteiger charge is -2.34. The molecule has 0 saturated carbocycles. The summed E-state index contributed by atoms with van der Waals surface area (Å²) in [6, 6.07) is 10.0. The van der Waals surface area contributed by atoms with E-state index in [9.17, 15) is 9.59 Å². The Morgan fingerprint density at radius 1 is 1.21 bits per heavy atom. The van der Waals surface area contributed by atoms with Crippen molar-refractivity contribution in [3.63, 3.8) is 0 Å². The summed E-state index contributed by atoms with van der Waals surface area (Å²) in [5.41, 5.74) is 1.01. The number of likely N-dealkylation sites (tertiary alicyclic amines) is 1. The third-order valence-corrected chi connectivity index (χ3v) is 5.85. The van der Waals surface area contributed by atoms with E-state index in [1.54, 1.807) is 11.7 Å². The summed E-state index contributed by atoms with van der Waals surface area (Å²) in [6.07, 6.45) is 2.46. The summed E-state index contributed by atoms with van der Waals surface area (Å²) in [4.78, 5) is 27.7. The summed E-state index contributed by atoms with van der Waals surface area (Å²) < 4.78 is 8.35. The predicted octanol–water partition coefficient (Wildman–Crippen LogP) is 2.61. The Bertz CT molecular complexity index is 851. The fourth-order valence-corrected chi connectivity index (χ4v) is 4.20. The van der Waals surface area contributed by atoms with Crippen LogP contribution in [0.4, 0.5) is 0 Å². The van der Waals surface area contributed by atoms with Crippen LogP contribution in [0.15, 0.2) is 35.1 Å². The van der Waals surface area contributed by atoms with E-state index in [4.69, 9.17) is 4.74 Å². The molecule has 1 saturated heterocycles. The van der Waals surface area contributed by atoms with Gasteiger partial charge in [-0.05, 0) is 31.7 Å². The van der Waals surface area contributed by atoms with Crippen LogP contribution >= 0.6 is 0 Å². The summed E-state index contributed by atoms with van der Waals surface area (Å²) in [6.45, 7) is 6.97. The van der Waals surface area contributed by atoms with Crippen LogP contribution in [0.25, 0.3) is 0 Å². The van der Waals surface area contributed by atoms with Crippen molar-refractivity contribution in [1.29, 1.82) is 0 Å². The van der Waals surface area contributed by atoms with E-state index in [0.717, 1.165) is 30.7 Å². The van der Waals surface area contributed by atoms with Crippen molar-refractivity contribution in [2.75, 3.05) is 26.8 Å². The zero-order chi connectivity index (χ0) is 20.8. The van der Waals surface area contributed by atoms with Crippen LogP contribution < -0.4 is 5.69 Å². The van der Waals surface area contributed by atoms with E-state index in [1.807, 2.05) is 42.2 Å². The number of ether oxygens (including phenoxy) is 1. The smallest absolute Gasteiger partial charge is 0.345 e. The predicted molar refractivity (Wildman–Crippen MR) is 112 cm³/mol. The maximum Gasteiger partial charge on any atom is 0.345 e. The van der Waals surface area contributed by atoms with Crippen LogP contribution in [0, 0.1) is 0 Å². The molecule has 158 valence electrons. The van der Waals surface area contributed by atoms with Crippen LogP contribution in [-0.4, -0.2) is 52.0 Å². The molecule has 1 aliphatic heterocycles. The van der Waals surface area contributed by atoms with Gasteiger partial charge < -0.3 is 9.64 Å². The number of rotatable bonds is 8. The van der Waals surface area contributed by atoms with Crippen LogP contribution in [0.3, 0.4) is 0 Å². The number of aromatic nitrogens is 3. The van der Waals surface area contributed by atoms with Gasteiger partial charge in [-0.2, -0.15) is 5.10 Å². The van der Waals surface area contributed by atoms with Crippen molar-refractivity contribution in [3.8, 4) is 0 Å². The van der Waals surface area contributed by atoms with Gasteiger partial charge >= 0.3 is 5.69 Å². The average molecular weight is 401 g/mol. The minimum atomic E-state index is -0.0881. The number of benzene rings is 1. The highest BCUT2D eigenvalue weighted by atomic mass is 16.5. The van der Waals surface area contributed by atoms with Gasteiger partial charge in [0.05, 0.1) is 19.1 Å². The van der Waals surface area contributed by atoms with Crippen molar-refractivity contribution in [1.82, 2.24) is 19.2 Å². The number of methoxy groups -OCH3 is 1. The first-order valence-corrected chi connectivity index (χ1v) is 10.6. The molecule has 1 aromatic heterocycles. The number of carbonyl (C=O) groups excluding carboxylic acids is 1. The van der Waals surface area contributed by atoms with Crippen molar-refractivity contribution >= 4 is 5.91 Å². The monoisotopic (exact) mass is 400 g/mol. The molecule has 0 bridgehead atoms. The molecule has 3 rings (SSSR count). The van der Waals surface area contributed by atoms with Gasteiger partial charge in [-0.25, -0.2) is 9.48 Å². The van der Waals surface area contributed by atoms with Crippen molar-refractivity contribution in [2.24, 2.45) is 0 Å². The Kier molecular flexibility index (Phi) is 7.25. The SMILES string of the molecule is CCC(C(=O)N1CCC(c2nn(CCOC)c(=O)n2CC)CC1)c1ccccc1. The minimum Gasteiger partial charge on any atom is -0.383 e. The highest BCUT2D eigenvalue weighted by Gasteiger charge is 2.31. The molecule has 7 nitrogen and oxygen atoms in total. The first-order chi connectivity index (χ1) is 14.1. The second-order valence-electron chi connectivity index (χ2n) is 7.57. The number of piperidine rings is 1. The van der Waals surface area contributed by atoms with Crippen molar-refractivity contribution in [2.45, 2.75) is 58.0 Å². The molecule has 7 heteroatoms. The van der Waals surface area contributed by atoms with E-state index in [-0.39, 0.29) is 23.4 Å². The molecule has 1 aliphatic rings. The second-order valence-corrected chi connectivity index (χ2v) is 7.57. The standard InChI is InChI=1S/C22H32N4O3/c1-4-19(17-9-7-6-8-10-17)21(27)24-13-11-18(12-14-24)20-23-26(15-16-29-3)22(28)25(20)5-2/h6-10,18-19H,4-5,11-16H2,1-3H3. The van der Waals surface area contributed by atoms with E-state index in [0.29, 0.717) is 32.8 Å². The number of hydrogen-bond acceptors (Lipinski definition) is 4. The number of nitrogens with zero attached hydrogens (tertiary/aromatic N) is 4.